The first-order valence-corrected chi connectivity index (χ1v) is 38.5. The summed E-state index contributed by atoms with van der Waals surface area (Å²) in [4.78, 5) is 73.1. The van der Waals surface area contributed by atoms with Crippen LogP contribution in [-0.2, 0) is 0 Å². The van der Waals surface area contributed by atoms with Gasteiger partial charge in [0.25, 0.3) is 0 Å². The van der Waals surface area contributed by atoms with Gasteiger partial charge in [-0.1, -0.05) is 66.7 Å². The summed E-state index contributed by atoms with van der Waals surface area (Å²) in [5.41, 5.74) is 5.38. The van der Waals surface area contributed by atoms with E-state index in [1.54, 1.807) is 129 Å². The van der Waals surface area contributed by atoms with Gasteiger partial charge in [-0.3, -0.25) is 28.8 Å². The van der Waals surface area contributed by atoms with Crippen molar-refractivity contribution in [3.8, 4) is 138 Å². The number of fused-ring (bicyclic) bond motifs is 6. The molecule has 12 aromatic carbocycles. The van der Waals surface area contributed by atoms with E-state index in [-0.39, 0.29) is 205 Å². The molecule has 0 amide bonds. The Balaban J connectivity index is 0.000000129. The Labute approximate surface area is 712 Å². The van der Waals surface area contributed by atoms with E-state index in [1.165, 1.54) is 88.1 Å². The minimum absolute atomic E-state index is 0.0145. The third-order valence-electron chi connectivity index (χ3n) is 20.7. The Kier molecular flexibility index (Phi) is 26.1. The number of phenolic OH excluding ortho intramolecular Hbond substituents is 13. The molecule has 12 aromatic rings. The number of aromatic hydroxyl groups is 13. The van der Waals surface area contributed by atoms with Crippen LogP contribution in [0.15, 0.2) is 218 Å². The van der Waals surface area contributed by atoms with Crippen molar-refractivity contribution in [3.63, 3.8) is 0 Å². The van der Waals surface area contributed by atoms with Crippen molar-refractivity contribution in [3.05, 3.63) is 285 Å². The molecule has 13 N–H and O–H groups in total. The van der Waals surface area contributed by atoms with E-state index in [9.17, 15) is 95.2 Å². The molecule has 0 spiro atoms. The molecule has 6 aliphatic rings. The average Bonchev–Trinajstić information content (AvgIpc) is 0.818. The summed E-state index contributed by atoms with van der Waals surface area (Å²) in [6, 6.07) is 56.5. The van der Waals surface area contributed by atoms with Crippen LogP contribution in [-0.4, -0.2) is 137 Å². The van der Waals surface area contributed by atoms with Gasteiger partial charge >= 0.3 is 0 Å². The summed E-state index contributed by atoms with van der Waals surface area (Å²) in [5, 5.41) is 125. The number of ketones is 6. The number of phenols is 13. The van der Waals surface area contributed by atoms with Gasteiger partial charge in [0, 0.05) is 83.9 Å². The van der Waals surface area contributed by atoms with Gasteiger partial charge < -0.3 is 118 Å². The standard InChI is InChI=1S/C16H14O6.4C16H14O5.C15H12O4/c1-21-9-5-12(19)16-13(20)7-14(22-15(16)6-9)10-3-2-8(17)4-11(10)18;2*1-20-11-4-2-9(3-5-11)14-8-13(19)16-12(18)6-10(17)7-15(16)21-14;1-20-11-6-12(18)16-13(19)8-14(21-15(16)7-11)9-2-4-10(17)5-3-9;1-20-9-6-12(18)16-13(19)8-14(21-15(16)7-9)10-4-2-3-5-11(10)17;16-10-3-1-9(2-4-10)14-8-13(18)12-6-5-11(17)7-15(12)19-14/h2-6,14,17-19H,7H2,1H3;4*2-7,14,17-18H,8H2,1H3;1-7,14,16-17H,8H2. The highest BCUT2D eigenvalue weighted by atomic mass is 16.5. The summed E-state index contributed by atoms with van der Waals surface area (Å²) in [7, 11) is 7.54. The zero-order valence-corrected chi connectivity index (χ0v) is 67.2. The van der Waals surface area contributed by atoms with Crippen LogP contribution in [0.5, 0.6) is 138 Å². The fourth-order valence-electron chi connectivity index (χ4n) is 14.4. The van der Waals surface area contributed by atoms with Crippen LogP contribution in [0, 0.1) is 0 Å². The van der Waals surface area contributed by atoms with Crippen LogP contribution >= 0.6 is 0 Å². The monoisotopic (exact) mass is 1700 g/mol. The summed E-state index contributed by atoms with van der Waals surface area (Å²) < 4.78 is 59.9. The number of Topliss-reactive ketones (excluding diaryl/α,β-unsaturated/α-hetero) is 6. The molecule has 6 unspecified atom stereocenters. The van der Waals surface area contributed by atoms with Crippen molar-refractivity contribution in [1.82, 2.24) is 0 Å². The minimum Gasteiger partial charge on any atom is -0.508 e. The molecule has 6 atom stereocenters. The summed E-state index contributed by atoms with van der Waals surface area (Å²) in [6.07, 6.45) is -2.32. The largest absolute Gasteiger partial charge is 0.508 e. The quantitative estimate of drug-likeness (QED) is 0.0572. The van der Waals surface area contributed by atoms with Crippen molar-refractivity contribution >= 4 is 34.7 Å². The molecular weight excluding hydrogens is 1620 g/mol. The summed E-state index contributed by atoms with van der Waals surface area (Å²) in [5.74, 6) is 1.94. The number of hydrogen-bond donors (Lipinski definition) is 13. The molecule has 6 aliphatic heterocycles. The fourth-order valence-corrected chi connectivity index (χ4v) is 14.4. The molecule has 30 nitrogen and oxygen atoms in total. The number of hydrogen-bond acceptors (Lipinski definition) is 30. The van der Waals surface area contributed by atoms with E-state index < -0.39 is 30.5 Å². The van der Waals surface area contributed by atoms with Crippen molar-refractivity contribution in [2.45, 2.75) is 75.1 Å². The van der Waals surface area contributed by atoms with Crippen molar-refractivity contribution < 1.29 is 147 Å². The number of ether oxygens (including phenoxy) is 11. The maximum Gasteiger partial charge on any atom is 0.174 e. The zero-order valence-electron chi connectivity index (χ0n) is 67.2. The molecule has 0 radical (unpaired) electrons. The first-order valence-electron chi connectivity index (χ1n) is 38.5. The van der Waals surface area contributed by atoms with Crippen molar-refractivity contribution in [2.24, 2.45) is 0 Å². The Morgan fingerprint density at radius 1 is 0.224 bits per heavy atom. The summed E-state index contributed by atoms with van der Waals surface area (Å²) in [6.45, 7) is 0. The number of benzene rings is 12. The topological polar surface area (TPSA) is 467 Å². The Morgan fingerprint density at radius 2 is 0.488 bits per heavy atom. The highest BCUT2D eigenvalue weighted by Crippen LogP contribution is 2.49. The van der Waals surface area contributed by atoms with Crippen LogP contribution < -0.4 is 52.1 Å². The molecule has 125 heavy (non-hydrogen) atoms. The third kappa shape index (κ3) is 19.8. The molecule has 0 aliphatic carbocycles. The first-order chi connectivity index (χ1) is 60.0. The zero-order chi connectivity index (χ0) is 89.2. The van der Waals surface area contributed by atoms with E-state index in [1.807, 2.05) is 24.3 Å². The lowest BCUT2D eigenvalue weighted by atomic mass is 9.95. The van der Waals surface area contributed by atoms with Crippen LogP contribution in [0.1, 0.15) is 171 Å². The number of para-hydroxylation sites is 1. The molecule has 0 fully saturated rings. The molecule has 18 rings (SSSR count). The molecular formula is C95H82O30. The number of rotatable bonds is 11. The van der Waals surface area contributed by atoms with Crippen LogP contribution in [0.3, 0.4) is 0 Å². The van der Waals surface area contributed by atoms with Gasteiger partial charge in [0.1, 0.15) is 202 Å². The predicted octanol–water partition coefficient (Wildman–Crippen LogP) is 16.6. The lowest BCUT2D eigenvalue weighted by Gasteiger charge is -2.26. The maximum absolute atomic E-state index is 12.3. The minimum atomic E-state index is -0.702. The number of carbonyl (C=O) groups excluding carboxylic acids is 6. The van der Waals surface area contributed by atoms with Gasteiger partial charge in [-0.15, -0.1) is 0 Å². The SMILES string of the molecule is COc1cc(O)c2c(c1)OC(c1ccc(O)cc1)CC2=O.COc1cc(O)c2c(c1)OC(c1ccc(O)cc1O)CC2=O.COc1cc(O)c2c(c1)OC(c1ccccc1O)CC2=O.COc1ccc(C2CC(=O)c3c(O)cc(O)cc3O2)cc1.COc1ccc(C2CC(=O)c3c(O)cc(O)cc3O2)cc1.O=C1CC(c2ccc(O)cc2)Oc2cc(O)ccc21. The summed E-state index contributed by atoms with van der Waals surface area (Å²) >= 11 is 0. The van der Waals surface area contributed by atoms with E-state index in [4.69, 9.17) is 52.1 Å². The molecule has 0 aromatic heterocycles. The first kappa shape index (κ1) is 86.7. The fraction of sp³-hybridized carbons (Fsp3) is 0.179. The van der Waals surface area contributed by atoms with Crippen LogP contribution in [0.4, 0.5) is 0 Å². The Morgan fingerprint density at radius 3 is 0.840 bits per heavy atom. The van der Waals surface area contributed by atoms with Gasteiger partial charge in [0.15, 0.2) is 34.7 Å². The van der Waals surface area contributed by atoms with Gasteiger partial charge in [-0.2, -0.15) is 0 Å². The average molecular weight is 1700 g/mol. The van der Waals surface area contributed by atoms with Crippen molar-refractivity contribution in [1.29, 1.82) is 0 Å². The normalized spacial score (nSPS) is 17.1. The molecule has 6 heterocycles. The van der Waals surface area contributed by atoms with E-state index in [0.717, 1.165) is 45.9 Å². The molecule has 30 heteroatoms. The number of carbonyl (C=O) groups is 6. The second-order valence-corrected chi connectivity index (χ2v) is 28.8. The van der Waals surface area contributed by atoms with Crippen LogP contribution in [0.2, 0.25) is 0 Å². The molecule has 0 saturated heterocycles. The Bertz CT molecular complexity index is 5940. The molecule has 0 bridgehead atoms. The second kappa shape index (κ2) is 37.7. The van der Waals surface area contributed by atoms with Crippen LogP contribution in [0.25, 0.3) is 0 Å². The second-order valence-electron chi connectivity index (χ2n) is 28.8. The van der Waals surface area contributed by atoms with E-state index in [0.29, 0.717) is 45.4 Å². The molecule has 0 saturated carbocycles. The van der Waals surface area contributed by atoms with E-state index >= 15 is 0 Å². The smallest absolute Gasteiger partial charge is 0.174 e. The highest BCUT2D eigenvalue weighted by molar-refractivity contribution is 6.06. The van der Waals surface area contributed by atoms with Crippen molar-refractivity contribution in [2.75, 3.05) is 35.5 Å². The third-order valence-corrected chi connectivity index (χ3v) is 20.7. The number of methoxy groups -OCH3 is 5. The van der Waals surface area contributed by atoms with Gasteiger partial charge in [0.2, 0.25) is 0 Å². The van der Waals surface area contributed by atoms with Gasteiger partial charge in [0.05, 0.1) is 79.6 Å². The van der Waals surface area contributed by atoms with Gasteiger partial charge in [-0.05, 0) is 101 Å². The lowest BCUT2D eigenvalue weighted by molar-refractivity contribution is 0.0831. The predicted molar refractivity (Wildman–Crippen MR) is 446 cm³/mol. The highest BCUT2D eigenvalue weighted by Gasteiger charge is 2.38. The van der Waals surface area contributed by atoms with E-state index in [2.05, 4.69) is 0 Å². The Hall–Kier alpha value is -16.1. The lowest BCUT2D eigenvalue weighted by Crippen LogP contribution is -2.20. The molecule has 642 valence electrons. The van der Waals surface area contributed by atoms with Gasteiger partial charge in [-0.25, -0.2) is 0 Å². The maximum atomic E-state index is 12.3.